The van der Waals surface area contributed by atoms with Crippen LogP contribution in [0.3, 0.4) is 0 Å². The number of hydrogen-bond donors (Lipinski definition) is 1. The highest BCUT2D eigenvalue weighted by molar-refractivity contribution is 5.89. The summed E-state index contributed by atoms with van der Waals surface area (Å²) >= 11 is 0. The van der Waals surface area contributed by atoms with Crippen molar-refractivity contribution in [1.29, 1.82) is 0 Å². The highest BCUT2D eigenvalue weighted by atomic mass is 16.5. The first-order valence-corrected chi connectivity index (χ1v) is 6.82. The molecule has 0 fully saturated rings. The lowest BCUT2D eigenvalue weighted by Crippen LogP contribution is -2.83. The SMILES string of the molecule is COCC[NH2+]Cc1ccc(-c2ccc(C(=O)OC)cc2)o1. The Labute approximate surface area is 123 Å². The van der Waals surface area contributed by atoms with Crippen molar-refractivity contribution >= 4 is 5.97 Å². The number of benzene rings is 1. The van der Waals surface area contributed by atoms with E-state index in [0.717, 1.165) is 36.8 Å². The van der Waals surface area contributed by atoms with Gasteiger partial charge in [-0.3, -0.25) is 0 Å². The Kier molecular flexibility index (Phi) is 5.54. The van der Waals surface area contributed by atoms with Crippen molar-refractivity contribution in [2.45, 2.75) is 6.54 Å². The van der Waals surface area contributed by atoms with Gasteiger partial charge < -0.3 is 19.2 Å². The molecule has 0 aliphatic heterocycles. The third kappa shape index (κ3) is 4.18. The van der Waals surface area contributed by atoms with Crippen molar-refractivity contribution < 1.29 is 24.0 Å². The molecule has 0 unspecified atom stereocenters. The summed E-state index contributed by atoms with van der Waals surface area (Å²) in [5, 5.41) is 2.13. The van der Waals surface area contributed by atoms with Crippen molar-refractivity contribution in [1.82, 2.24) is 0 Å². The molecule has 2 aromatic rings. The molecule has 5 nitrogen and oxygen atoms in total. The second kappa shape index (κ2) is 7.61. The van der Waals surface area contributed by atoms with Gasteiger partial charge in [0, 0.05) is 12.7 Å². The minimum atomic E-state index is -0.338. The first-order chi connectivity index (χ1) is 10.2. The highest BCUT2D eigenvalue weighted by Gasteiger charge is 2.08. The van der Waals surface area contributed by atoms with Crippen LogP contribution in [0.2, 0.25) is 0 Å². The number of methoxy groups -OCH3 is 2. The van der Waals surface area contributed by atoms with Gasteiger partial charge in [0.2, 0.25) is 0 Å². The monoisotopic (exact) mass is 290 g/mol. The van der Waals surface area contributed by atoms with Crippen LogP contribution in [0.1, 0.15) is 16.1 Å². The fourth-order valence-corrected chi connectivity index (χ4v) is 1.98. The van der Waals surface area contributed by atoms with Gasteiger partial charge in [0.05, 0.1) is 25.8 Å². The van der Waals surface area contributed by atoms with Crippen LogP contribution in [-0.4, -0.2) is 33.3 Å². The number of furan rings is 1. The van der Waals surface area contributed by atoms with Crippen LogP contribution in [0, 0.1) is 0 Å². The molecule has 0 saturated carbocycles. The summed E-state index contributed by atoms with van der Waals surface area (Å²) in [6.45, 7) is 2.41. The highest BCUT2D eigenvalue weighted by Crippen LogP contribution is 2.22. The van der Waals surface area contributed by atoms with Crippen LogP contribution in [0.4, 0.5) is 0 Å². The topological polar surface area (TPSA) is 65.3 Å². The van der Waals surface area contributed by atoms with Crippen LogP contribution in [0.25, 0.3) is 11.3 Å². The second-order valence-corrected chi connectivity index (χ2v) is 4.61. The van der Waals surface area contributed by atoms with Crippen molar-refractivity contribution in [2.24, 2.45) is 0 Å². The van der Waals surface area contributed by atoms with Crippen molar-refractivity contribution in [3.8, 4) is 11.3 Å². The molecule has 0 aliphatic rings. The Bertz CT molecular complexity index is 574. The molecule has 1 aromatic carbocycles. The van der Waals surface area contributed by atoms with Gasteiger partial charge >= 0.3 is 5.97 Å². The fourth-order valence-electron chi connectivity index (χ4n) is 1.98. The average Bonchev–Trinajstić information content (AvgIpc) is 3.00. The van der Waals surface area contributed by atoms with Crippen molar-refractivity contribution in [3.63, 3.8) is 0 Å². The number of quaternary nitrogens is 1. The predicted octanol–water partition coefficient (Wildman–Crippen LogP) is 1.44. The van der Waals surface area contributed by atoms with Gasteiger partial charge in [-0.05, 0) is 24.3 Å². The molecular formula is C16H20NO4+. The number of carbonyl (C=O) groups is 1. The summed E-state index contributed by atoms with van der Waals surface area (Å²) < 4.78 is 15.5. The maximum atomic E-state index is 11.4. The lowest BCUT2D eigenvalue weighted by Gasteiger charge is -2.01. The minimum Gasteiger partial charge on any atom is -0.465 e. The third-order valence-corrected chi connectivity index (χ3v) is 3.12. The van der Waals surface area contributed by atoms with Gasteiger partial charge in [-0.1, -0.05) is 12.1 Å². The molecular weight excluding hydrogens is 270 g/mol. The molecule has 0 atom stereocenters. The summed E-state index contributed by atoms with van der Waals surface area (Å²) in [5.74, 6) is 1.37. The van der Waals surface area contributed by atoms with Gasteiger partial charge in [0.15, 0.2) is 5.76 Å². The molecule has 2 rings (SSSR count). The molecule has 112 valence electrons. The van der Waals surface area contributed by atoms with Crippen molar-refractivity contribution in [2.75, 3.05) is 27.4 Å². The third-order valence-electron chi connectivity index (χ3n) is 3.12. The van der Waals surface area contributed by atoms with E-state index in [9.17, 15) is 4.79 Å². The molecule has 0 aliphatic carbocycles. The number of carbonyl (C=O) groups excluding carboxylic acids is 1. The standard InChI is InChI=1S/C16H19NO4/c1-19-10-9-17-11-14-7-8-15(21-14)12-3-5-13(6-4-12)16(18)20-2/h3-8,17H,9-11H2,1-2H3/p+1. The zero-order valence-electron chi connectivity index (χ0n) is 12.3. The first-order valence-electron chi connectivity index (χ1n) is 6.82. The Balaban J connectivity index is 1.99. The van der Waals surface area contributed by atoms with Crippen LogP contribution in [-0.2, 0) is 16.0 Å². The van der Waals surface area contributed by atoms with E-state index >= 15 is 0 Å². The van der Waals surface area contributed by atoms with E-state index in [-0.39, 0.29) is 5.97 Å². The van der Waals surface area contributed by atoms with E-state index in [2.05, 4.69) is 10.1 Å². The molecule has 1 aromatic heterocycles. The van der Waals surface area contributed by atoms with E-state index in [4.69, 9.17) is 9.15 Å². The number of ether oxygens (including phenoxy) is 2. The summed E-state index contributed by atoms with van der Waals surface area (Å²) in [6.07, 6.45) is 0. The van der Waals surface area contributed by atoms with Gasteiger partial charge in [-0.25, -0.2) is 4.79 Å². The maximum absolute atomic E-state index is 11.4. The van der Waals surface area contributed by atoms with E-state index in [1.54, 1.807) is 19.2 Å². The van der Waals surface area contributed by atoms with Crippen LogP contribution >= 0.6 is 0 Å². The van der Waals surface area contributed by atoms with E-state index in [1.807, 2.05) is 24.3 Å². The van der Waals surface area contributed by atoms with Crippen LogP contribution in [0.5, 0.6) is 0 Å². The molecule has 1 heterocycles. The Morgan fingerprint density at radius 2 is 1.90 bits per heavy atom. The first kappa shape index (κ1) is 15.3. The lowest BCUT2D eigenvalue weighted by atomic mass is 10.1. The largest absolute Gasteiger partial charge is 0.465 e. The van der Waals surface area contributed by atoms with Gasteiger partial charge in [-0.2, -0.15) is 0 Å². The second-order valence-electron chi connectivity index (χ2n) is 4.61. The quantitative estimate of drug-likeness (QED) is 0.619. The summed E-state index contributed by atoms with van der Waals surface area (Å²) in [6, 6.07) is 11.1. The number of hydrogen-bond acceptors (Lipinski definition) is 4. The van der Waals surface area contributed by atoms with E-state index in [1.165, 1.54) is 7.11 Å². The molecule has 0 bridgehead atoms. The molecule has 0 radical (unpaired) electrons. The summed E-state index contributed by atoms with van der Waals surface area (Å²) in [5.41, 5.74) is 1.46. The van der Waals surface area contributed by atoms with Crippen LogP contribution < -0.4 is 5.32 Å². The van der Waals surface area contributed by atoms with Gasteiger partial charge in [0.25, 0.3) is 0 Å². The predicted molar refractivity (Wildman–Crippen MR) is 77.9 cm³/mol. The molecule has 0 saturated heterocycles. The average molecular weight is 290 g/mol. The maximum Gasteiger partial charge on any atom is 0.337 e. The molecule has 0 amide bonds. The van der Waals surface area contributed by atoms with Crippen LogP contribution in [0.15, 0.2) is 40.8 Å². The molecule has 21 heavy (non-hydrogen) atoms. The van der Waals surface area contributed by atoms with Gasteiger partial charge in [0.1, 0.15) is 12.3 Å². The molecule has 2 N–H and O–H groups in total. The van der Waals surface area contributed by atoms with E-state index < -0.39 is 0 Å². The summed E-state index contributed by atoms with van der Waals surface area (Å²) in [7, 11) is 3.06. The number of esters is 1. The molecule has 0 spiro atoms. The minimum absolute atomic E-state index is 0.338. The number of nitrogens with two attached hydrogens (primary N) is 1. The Morgan fingerprint density at radius 1 is 1.14 bits per heavy atom. The normalized spacial score (nSPS) is 10.6. The zero-order valence-corrected chi connectivity index (χ0v) is 12.3. The summed E-state index contributed by atoms with van der Waals surface area (Å²) in [4.78, 5) is 11.4. The van der Waals surface area contributed by atoms with Crippen molar-refractivity contribution in [3.05, 3.63) is 47.7 Å². The van der Waals surface area contributed by atoms with E-state index in [0.29, 0.717) is 5.56 Å². The zero-order chi connectivity index (χ0) is 15.1. The molecule has 5 heteroatoms. The Hall–Kier alpha value is -2.11. The lowest BCUT2D eigenvalue weighted by molar-refractivity contribution is -0.673. The fraction of sp³-hybridized carbons (Fsp3) is 0.312. The Morgan fingerprint density at radius 3 is 2.57 bits per heavy atom. The smallest absolute Gasteiger partial charge is 0.337 e. The number of rotatable bonds is 7. The van der Waals surface area contributed by atoms with Gasteiger partial charge in [-0.15, -0.1) is 0 Å².